The molecule has 0 N–H and O–H groups in total. The Hall–Kier alpha value is -2.16. The Labute approximate surface area is 161 Å². The first kappa shape index (κ1) is 18.2. The number of hydrogen-bond acceptors (Lipinski definition) is 3. The Morgan fingerprint density at radius 2 is 2.11 bits per heavy atom. The van der Waals surface area contributed by atoms with Crippen LogP contribution in [0.5, 0.6) is 0 Å². The predicted octanol–water partition coefficient (Wildman–Crippen LogP) is 4.87. The van der Waals surface area contributed by atoms with Crippen molar-refractivity contribution in [2.45, 2.75) is 46.5 Å². The molecule has 4 atom stereocenters. The molecule has 0 aromatic carbocycles. The Kier molecular flexibility index (Phi) is 4.17. The van der Waals surface area contributed by atoms with Crippen molar-refractivity contribution in [2.75, 3.05) is 6.61 Å². The number of ether oxygens (including phenoxy) is 1. The molecule has 27 heavy (non-hydrogen) atoms. The van der Waals surface area contributed by atoms with E-state index in [0.29, 0.717) is 11.8 Å². The highest BCUT2D eigenvalue weighted by molar-refractivity contribution is 6.01. The summed E-state index contributed by atoms with van der Waals surface area (Å²) in [6.45, 7) is 10.5. The van der Waals surface area contributed by atoms with E-state index in [9.17, 15) is 9.59 Å². The van der Waals surface area contributed by atoms with Crippen molar-refractivity contribution in [3.8, 4) is 0 Å². The zero-order chi connectivity index (χ0) is 19.4. The molecule has 0 bridgehead atoms. The molecule has 0 saturated heterocycles. The van der Waals surface area contributed by atoms with Gasteiger partial charge in [-0.05, 0) is 73.2 Å². The molecule has 4 aliphatic rings. The number of esters is 1. The van der Waals surface area contributed by atoms with Gasteiger partial charge in [-0.1, -0.05) is 42.9 Å². The molecule has 1 fully saturated rings. The van der Waals surface area contributed by atoms with Crippen molar-refractivity contribution in [2.24, 2.45) is 22.7 Å². The largest absolute Gasteiger partial charge is 0.461 e. The summed E-state index contributed by atoms with van der Waals surface area (Å²) in [6.07, 6.45) is 14.6. The van der Waals surface area contributed by atoms with Gasteiger partial charge in [-0.25, -0.2) is 0 Å². The second kappa shape index (κ2) is 6.19. The first-order valence-corrected chi connectivity index (χ1v) is 9.92. The highest BCUT2D eigenvalue weighted by Gasteiger charge is 2.53. The van der Waals surface area contributed by atoms with E-state index in [1.807, 2.05) is 6.08 Å². The van der Waals surface area contributed by atoms with Crippen LogP contribution in [0.3, 0.4) is 0 Å². The normalized spacial score (nSPS) is 36.7. The molecule has 1 saturated carbocycles. The molecule has 0 aliphatic heterocycles. The molecule has 2 unspecified atom stereocenters. The van der Waals surface area contributed by atoms with Crippen LogP contribution >= 0.6 is 0 Å². The van der Waals surface area contributed by atoms with Crippen molar-refractivity contribution in [3.05, 3.63) is 59.3 Å². The van der Waals surface area contributed by atoms with Crippen molar-refractivity contribution in [1.82, 2.24) is 0 Å². The number of rotatable bonds is 3. The zero-order valence-corrected chi connectivity index (χ0v) is 16.5. The molecule has 4 rings (SSSR count). The lowest BCUT2D eigenvalue weighted by molar-refractivity contribution is -0.139. The summed E-state index contributed by atoms with van der Waals surface area (Å²) in [4.78, 5) is 23.0. The monoisotopic (exact) mass is 364 g/mol. The third-order valence-corrected chi connectivity index (χ3v) is 7.36. The van der Waals surface area contributed by atoms with Gasteiger partial charge in [0.15, 0.2) is 5.78 Å². The average Bonchev–Trinajstić information content (AvgIpc) is 2.97. The van der Waals surface area contributed by atoms with Crippen LogP contribution in [0.1, 0.15) is 46.5 Å². The molecule has 0 aromatic heterocycles. The molecule has 0 amide bonds. The first-order chi connectivity index (χ1) is 12.8. The van der Waals surface area contributed by atoms with Crippen LogP contribution in [-0.4, -0.2) is 18.4 Å². The Morgan fingerprint density at radius 3 is 2.85 bits per heavy atom. The smallest absolute Gasteiger partial charge is 0.302 e. The van der Waals surface area contributed by atoms with Crippen molar-refractivity contribution >= 4 is 11.8 Å². The molecular formula is C24H28O3. The molecule has 0 spiro atoms. The molecular weight excluding hydrogens is 336 g/mol. The molecule has 3 heteroatoms. The van der Waals surface area contributed by atoms with Gasteiger partial charge in [-0.2, -0.15) is 0 Å². The van der Waals surface area contributed by atoms with Crippen LogP contribution in [0.2, 0.25) is 0 Å². The van der Waals surface area contributed by atoms with Gasteiger partial charge in [0.25, 0.3) is 0 Å². The quantitative estimate of drug-likeness (QED) is 0.530. The summed E-state index contributed by atoms with van der Waals surface area (Å²) < 4.78 is 5.20. The lowest BCUT2D eigenvalue weighted by Gasteiger charge is -2.52. The number of ketones is 1. The van der Waals surface area contributed by atoms with Gasteiger partial charge in [0.1, 0.15) is 6.61 Å². The maximum absolute atomic E-state index is 11.8. The summed E-state index contributed by atoms with van der Waals surface area (Å²) >= 11 is 0. The fraction of sp³-hybridized carbons (Fsp3) is 0.500. The lowest BCUT2D eigenvalue weighted by atomic mass is 9.52. The van der Waals surface area contributed by atoms with Crippen LogP contribution in [0, 0.1) is 22.7 Å². The minimum atomic E-state index is -0.263. The standard InChI is InChI=1S/C24H28O3/c1-15(14-27-16(2)25)20-7-8-21-19-6-5-17-13-18(26)9-11-23(17,3)22(19)10-12-24(20,21)4/h7,9-11,13,19,21H,1,5-6,8,12,14H2,2-4H3/t19?,21?,23-,24+/m0/s1. The van der Waals surface area contributed by atoms with Crippen molar-refractivity contribution in [3.63, 3.8) is 0 Å². The van der Waals surface area contributed by atoms with E-state index < -0.39 is 0 Å². The van der Waals surface area contributed by atoms with Crippen molar-refractivity contribution < 1.29 is 14.3 Å². The summed E-state index contributed by atoms with van der Waals surface area (Å²) in [6, 6.07) is 0. The van der Waals surface area contributed by atoms with Gasteiger partial charge in [-0.15, -0.1) is 0 Å². The van der Waals surface area contributed by atoms with Crippen LogP contribution in [0.4, 0.5) is 0 Å². The third kappa shape index (κ3) is 2.70. The second-order valence-electron chi connectivity index (χ2n) is 8.88. The summed E-state index contributed by atoms with van der Waals surface area (Å²) in [5.41, 5.74) is 4.91. The molecule has 142 valence electrons. The summed E-state index contributed by atoms with van der Waals surface area (Å²) in [5, 5.41) is 0. The Bertz CT molecular complexity index is 853. The maximum Gasteiger partial charge on any atom is 0.302 e. The van der Waals surface area contributed by atoms with E-state index in [0.717, 1.165) is 31.3 Å². The topological polar surface area (TPSA) is 43.4 Å². The number of allylic oxidation sites excluding steroid dienone is 7. The van der Waals surface area contributed by atoms with Gasteiger partial charge >= 0.3 is 5.97 Å². The van der Waals surface area contributed by atoms with Crippen LogP contribution in [-0.2, 0) is 14.3 Å². The molecule has 0 aromatic rings. The van der Waals surface area contributed by atoms with Gasteiger partial charge in [-0.3, -0.25) is 9.59 Å². The van der Waals surface area contributed by atoms with E-state index in [-0.39, 0.29) is 29.2 Å². The van der Waals surface area contributed by atoms with Gasteiger partial charge in [0, 0.05) is 12.3 Å². The van der Waals surface area contributed by atoms with Gasteiger partial charge in [0.05, 0.1) is 0 Å². The van der Waals surface area contributed by atoms with Crippen molar-refractivity contribution in [1.29, 1.82) is 0 Å². The van der Waals surface area contributed by atoms with E-state index in [1.165, 1.54) is 23.6 Å². The zero-order valence-electron chi connectivity index (χ0n) is 16.5. The van der Waals surface area contributed by atoms with E-state index in [1.54, 1.807) is 6.08 Å². The molecule has 0 heterocycles. The summed E-state index contributed by atoms with van der Waals surface area (Å²) in [5.74, 6) is 0.930. The molecule has 3 nitrogen and oxygen atoms in total. The molecule has 4 aliphatic carbocycles. The SMILES string of the molecule is C=C(COC(C)=O)C1=CCC2C3CCC4=CC(=O)C=C[C@]4(C)C3=CC[C@]12C. The van der Waals surface area contributed by atoms with Crippen LogP contribution < -0.4 is 0 Å². The maximum atomic E-state index is 11.8. The highest BCUT2D eigenvalue weighted by atomic mass is 16.5. The Balaban J connectivity index is 1.63. The minimum Gasteiger partial charge on any atom is -0.461 e. The fourth-order valence-electron chi connectivity index (χ4n) is 5.92. The number of fused-ring (bicyclic) bond motifs is 5. The average molecular weight is 364 g/mol. The lowest BCUT2D eigenvalue weighted by Crippen LogP contribution is -2.43. The third-order valence-electron chi connectivity index (χ3n) is 7.36. The summed E-state index contributed by atoms with van der Waals surface area (Å²) in [7, 11) is 0. The fourth-order valence-corrected chi connectivity index (χ4v) is 5.92. The predicted molar refractivity (Wildman–Crippen MR) is 106 cm³/mol. The molecule has 0 radical (unpaired) electrons. The van der Waals surface area contributed by atoms with E-state index >= 15 is 0 Å². The number of hydrogen-bond donors (Lipinski definition) is 0. The highest BCUT2D eigenvalue weighted by Crippen LogP contribution is 2.63. The number of carbonyl (C=O) groups excluding carboxylic acids is 2. The number of carbonyl (C=O) groups is 2. The van der Waals surface area contributed by atoms with E-state index in [4.69, 9.17) is 4.74 Å². The van der Waals surface area contributed by atoms with Gasteiger partial charge in [0.2, 0.25) is 0 Å². The van der Waals surface area contributed by atoms with E-state index in [2.05, 4.69) is 38.7 Å². The minimum absolute atomic E-state index is 0.0528. The second-order valence-corrected chi connectivity index (χ2v) is 8.88. The first-order valence-electron chi connectivity index (χ1n) is 9.92. The van der Waals surface area contributed by atoms with Crippen LogP contribution in [0.15, 0.2) is 59.3 Å². The van der Waals surface area contributed by atoms with Gasteiger partial charge < -0.3 is 4.74 Å². The Morgan fingerprint density at radius 1 is 1.33 bits per heavy atom. The van der Waals surface area contributed by atoms with Crippen LogP contribution in [0.25, 0.3) is 0 Å².